The number of carbonyl (C=O) groups is 2. The van der Waals surface area contributed by atoms with Crippen molar-refractivity contribution in [3.8, 4) is 0 Å². The number of aliphatic hydroxyl groups excluding tert-OH is 3. The maximum atomic E-state index is 10.1. The molecule has 0 fully saturated rings. The van der Waals surface area contributed by atoms with E-state index in [1.165, 1.54) is 46.0 Å². The fraction of sp³-hybridized carbons (Fsp3) is 0.875. The van der Waals surface area contributed by atoms with Crippen molar-refractivity contribution in [2.24, 2.45) is 0 Å². The van der Waals surface area contributed by atoms with E-state index in [0.29, 0.717) is 6.42 Å². The van der Waals surface area contributed by atoms with Gasteiger partial charge in [0.2, 0.25) is 0 Å². The maximum Gasteiger partial charge on any atom is 0.303 e. The van der Waals surface area contributed by atoms with Gasteiger partial charge in [0.15, 0.2) is 0 Å². The van der Waals surface area contributed by atoms with Gasteiger partial charge in [-0.05, 0) is 20.3 Å². The Morgan fingerprint density at radius 2 is 1.23 bits per heavy atom. The first kappa shape index (κ1) is 25.9. The molecule has 0 saturated heterocycles. The van der Waals surface area contributed by atoms with E-state index in [1.807, 2.05) is 0 Å². The molecule has 0 atom stereocenters. The third-order valence-corrected chi connectivity index (χ3v) is 2.42. The maximum absolute atomic E-state index is 10.1. The number of carbonyl (C=O) groups excluding carboxylic acids is 1. The zero-order chi connectivity index (χ0) is 17.8. The van der Waals surface area contributed by atoms with Gasteiger partial charge in [0, 0.05) is 6.42 Å². The fourth-order valence-electron chi connectivity index (χ4n) is 1.29. The van der Waals surface area contributed by atoms with Crippen LogP contribution in [0.1, 0.15) is 72.1 Å². The van der Waals surface area contributed by atoms with E-state index < -0.39 is 12.1 Å². The Hall–Kier alpha value is -0.980. The zero-order valence-corrected chi connectivity index (χ0v) is 14.3. The number of hydrogen-bond donors (Lipinski definition) is 4. The van der Waals surface area contributed by atoms with Crippen molar-refractivity contribution in [2.75, 3.05) is 13.2 Å². The first-order valence-corrected chi connectivity index (χ1v) is 7.90. The minimum Gasteiger partial charge on any atom is -0.481 e. The van der Waals surface area contributed by atoms with Crippen LogP contribution in [0.2, 0.25) is 0 Å². The molecule has 0 aliphatic rings. The standard InChI is InChI=1S/C10H20O2.C3H8O3.C3H6O/c1-2-3-4-5-6-7-8-9-10(11)12;4-1-3(6)2-5;1-3(2)4/h2-9H2,1H3,(H,11,12);3-6H,1-2H2;1-2H3. The molecule has 22 heavy (non-hydrogen) atoms. The first-order chi connectivity index (χ1) is 10.3. The lowest BCUT2D eigenvalue weighted by molar-refractivity contribution is -0.137. The van der Waals surface area contributed by atoms with E-state index in [0.717, 1.165) is 12.8 Å². The van der Waals surface area contributed by atoms with Crippen LogP contribution in [-0.2, 0) is 9.59 Å². The smallest absolute Gasteiger partial charge is 0.303 e. The number of hydrogen-bond acceptors (Lipinski definition) is 5. The molecule has 0 aromatic carbocycles. The summed E-state index contributed by atoms with van der Waals surface area (Å²) in [6.07, 6.45) is 7.69. The van der Waals surface area contributed by atoms with E-state index in [2.05, 4.69) is 6.92 Å². The number of Topliss-reactive ketones (excluding diaryl/α,β-unsaturated/α-hetero) is 1. The number of carboxylic acids is 1. The Bertz CT molecular complexity index is 235. The molecular weight excluding hydrogens is 288 g/mol. The predicted molar refractivity (Wildman–Crippen MR) is 86.8 cm³/mol. The second-order valence-electron chi connectivity index (χ2n) is 5.19. The van der Waals surface area contributed by atoms with Gasteiger partial charge in [-0.3, -0.25) is 4.79 Å². The van der Waals surface area contributed by atoms with Crippen molar-refractivity contribution in [3.05, 3.63) is 0 Å². The molecular formula is C16H34O6. The molecule has 6 heteroatoms. The summed E-state index contributed by atoms with van der Waals surface area (Å²) < 4.78 is 0. The lowest BCUT2D eigenvalue weighted by atomic mass is 10.1. The van der Waals surface area contributed by atoms with Crippen LogP contribution in [0.5, 0.6) is 0 Å². The molecule has 0 heterocycles. The molecule has 0 aromatic heterocycles. The van der Waals surface area contributed by atoms with Gasteiger partial charge >= 0.3 is 5.97 Å². The van der Waals surface area contributed by atoms with Crippen LogP contribution in [0.3, 0.4) is 0 Å². The lowest BCUT2D eigenvalue weighted by Gasteiger charge is -1.98. The van der Waals surface area contributed by atoms with Crippen molar-refractivity contribution in [1.82, 2.24) is 0 Å². The Morgan fingerprint density at radius 1 is 0.864 bits per heavy atom. The number of ketones is 1. The van der Waals surface area contributed by atoms with E-state index in [4.69, 9.17) is 20.4 Å². The molecule has 0 saturated carbocycles. The highest BCUT2D eigenvalue weighted by atomic mass is 16.4. The van der Waals surface area contributed by atoms with Gasteiger partial charge in [-0.15, -0.1) is 0 Å². The Labute approximate surface area is 134 Å². The van der Waals surface area contributed by atoms with Crippen LogP contribution in [0, 0.1) is 0 Å². The number of aliphatic carboxylic acids is 1. The molecule has 134 valence electrons. The average molecular weight is 322 g/mol. The molecule has 0 unspecified atom stereocenters. The normalized spacial score (nSPS) is 9.41. The number of rotatable bonds is 10. The van der Waals surface area contributed by atoms with E-state index in [9.17, 15) is 9.59 Å². The Balaban J connectivity index is -0.000000300. The SMILES string of the molecule is CC(C)=O.CCCCCCCCCC(=O)O.OCC(O)CO. The van der Waals surface area contributed by atoms with Crippen LogP contribution >= 0.6 is 0 Å². The van der Waals surface area contributed by atoms with Gasteiger partial charge in [-0.1, -0.05) is 45.4 Å². The summed E-state index contributed by atoms with van der Waals surface area (Å²) >= 11 is 0. The highest BCUT2D eigenvalue weighted by molar-refractivity contribution is 5.72. The quantitative estimate of drug-likeness (QED) is 0.458. The van der Waals surface area contributed by atoms with Gasteiger partial charge in [-0.25, -0.2) is 0 Å². The zero-order valence-electron chi connectivity index (χ0n) is 14.3. The van der Waals surface area contributed by atoms with Crippen LogP contribution in [0.4, 0.5) is 0 Å². The highest BCUT2D eigenvalue weighted by Gasteiger charge is 1.95. The molecule has 0 amide bonds. The third kappa shape index (κ3) is 42.7. The van der Waals surface area contributed by atoms with Gasteiger partial charge in [0.25, 0.3) is 0 Å². The highest BCUT2D eigenvalue weighted by Crippen LogP contribution is 2.07. The van der Waals surface area contributed by atoms with Gasteiger partial charge in [0.1, 0.15) is 11.9 Å². The Morgan fingerprint density at radius 3 is 1.50 bits per heavy atom. The van der Waals surface area contributed by atoms with Crippen molar-refractivity contribution in [3.63, 3.8) is 0 Å². The minimum absolute atomic E-state index is 0.167. The van der Waals surface area contributed by atoms with Crippen molar-refractivity contribution < 1.29 is 30.0 Å². The lowest BCUT2D eigenvalue weighted by Crippen LogP contribution is -2.15. The fourth-order valence-corrected chi connectivity index (χ4v) is 1.29. The molecule has 0 aliphatic heterocycles. The summed E-state index contributed by atoms with van der Waals surface area (Å²) in [6, 6.07) is 0. The van der Waals surface area contributed by atoms with E-state index in [-0.39, 0.29) is 19.0 Å². The molecule has 0 bridgehead atoms. The molecule has 0 aromatic rings. The molecule has 0 aliphatic carbocycles. The van der Waals surface area contributed by atoms with Gasteiger partial charge in [-0.2, -0.15) is 0 Å². The van der Waals surface area contributed by atoms with Crippen LogP contribution in [0.25, 0.3) is 0 Å². The van der Waals surface area contributed by atoms with E-state index >= 15 is 0 Å². The number of unbranched alkanes of at least 4 members (excludes halogenated alkanes) is 6. The summed E-state index contributed by atoms with van der Waals surface area (Å²) in [5.41, 5.74) is 0. The first-order valence-electron chi connectivity index (χ1n) is 7.90. The minimum atomic E-state index is -0.954. The molecule has 6 nitrogen and oxygen atoms in total. The van der Waals surface area contributed by atoms with E-state index in [1.54, 1.807) is 0 Å². The van der Waals surface area contributed by atoms with Crippen molar-refractivity contribution >= 4 is 11.8 Å². The number of carboxylic acid groups (broad SMARTS) is 1. The summed E-state index contributed by atoms with van der Waals surface area (Å²) in [6.45, 7) is 4.53. The predicted octanol–water partition coefficient (Wildman–Crippen LogP) is 2.14. The number of aliphatic hydroxyl groups is 3. The van der Waals surface area contributed by atoms with Crippen LogP contribution in [0.15, 0.2) is 0 Å². The molecule has 0 spiro atoms. The Kier molecular flexibility index (Phi) is 26.3. The van der Waals surface area contributed by atoms with Gasteiger partial charge < -0.3 is 25.2 Å². The van der Waals surface area contributed by atoms with Crippen LogP contribution < -0.4 is 0 Å². The molecule has 4 N–H and O–H groups in total. The summed E-state index contributed by atoms with van der Waals surface area (Å²) in [4.78, 5) is 19.6. The third-order valence-electron chi connectivity index (χ3n) is 2.42. The summed E-state index contributed by atoms with van der Waals surface area (Å²) in [7, 11) is 0. The average Bonchev–Trinajstić information content (AvgIpc) is 2.45. The van der Waals surface area contributed by atoms with Crippen molar-refractivity contribution in [2.45, 2.75) is 78.2 Å². The van der Waals surface area contributed by atoms with Crippen molar-refractivity contribution in [1.29, 1.82) is 0 Å². The van der Waals surface area contributed by atoms with Gasteiger partial charge in [0.05, 0.1) is 13.2 Å². The molecule has 0 rings (SSSR count). The van der Waals surface area contributed by atoms with Crippen LogP contribution in [-0.4, -0.2) is 51.5 Å². The monoisotopic (exact) mass is 322 g/mol. The molecule has 0 radical (unpaired) electrons. The second kappa shape index (κ2) is 22.3. The topological polar surface area (TPSA) is 115 Å². The largest absolute Gasteiger partial charge is 0.481 e. The second-order valence-corrected chi connectivity index (χ2v) is 5.19. The summed E-state index contributed by atoms with van der Waals surface area (Å²) in [5.74, 6) is -0.497. The summed E-state index contributed by atoms with van der Waals surface area (Å²) in [5, 5.41) is 32.4.